The van der Waals surface area contributed by atoms with Crippen molar-refractivity contribution in [3.63, 3.8) is 0 Å². The van der Waals surface area contributed by atoms with Crippen molar-refractivity contribution in [3.8, 4) is 22.8 Å². The number of nitrogens with two attached hydrogens (primary N) is 1. The average Bonchev–Trinajstić information content (AvgIpc) is 3.35. The maximum Gasteiger partial charge on any atom is 0.424 e. The van der Waals surface area contributed by atoms with E-state index in [1.54, 1.807) is 0 Å². The number of aliphatic hydroxyl groups is 1. The third-order valence-corrected chi connectivity index (χ3v) is 7.99. The van der Waals surface area contributed by atoms with Crippen molar-refractivity contribution >= 4 is 22.7 Å². The summed E-state index contributed by atoms with van der Waals surface area (Å²) in [5.41, 5.74) is -3.24. The van der Waals surface area contributed by atoms with Crippen LogP contribution in [0.5, 0.6) is 11.5 Å². The first kappa shape index (κ1) is 33.4. The number of nitrogens with zero attached hydrogens (tertiary/aromatic N) is 2. The summed E-state index contributed by atoms with van der Waals surface area (Å²) in [7, 11) is 1.16. The van der Waals surface area contributed by atoms with Gasteiger partial charge in [-0.2, -0.15) is 26.3 Å². The van der Waals surface area contributed by atoms with Gasteiger partial charge in [0.05, 0.1) is 30.6 Å². The van der Waals surface area contributed by atoms with E-state index in [0.29, 0.717) is 0 Å². The van der Waals surface area contributed by atoms with Gasteiger partial charge in [-0.15, -0.1) is 0 Å². The van der Waals surface area contributed by atoms with Crippen LogP contribution in [0.25, 0.3) is 22.2 Å². The van der Waals surface area contributed by atoms with Gasteiger partial charge < -0.3 is 25.6 Å². The number of aryl methyl sites for hydroxylation is 1. The summed E-state index contributed by atoms with van der Waals surface area (Å²) in [6, 6.07) is 8.01. The van der Waals surface area contributed by atoms with Crippen LogP contribution in [0.4, 0.5) is 30.7 Å². The number of aromatic nitrogens is 2. The molecule has 0 unspecified atom stereocenters. The second-order valence-electron chi connectivity index (χ2n) is 11.1. The third-order valence-electron chi connectivity index (χ3n) is 7.99. The molecule has 0 bridgehead atoms. The molecule has 4 N–H and O–H groups in total. The Morgan fingerprint density at radius 3 is 2.30 bits per heavy atom. The van der Waals surface area contributed by atoms with Crippen molar-refractivity contribution < 1.29 is 54.9 Å². The number of primary amides is 1. The molecule has 47 heavy (non-hydrogen) atoms. The van der Waals surface area contributed by atoms with E-state index < -0.39 is 64.4 Å². The van der Waals surface area contributed by atoms with Crippen molar-refractivity contribution in [2.24, 2.45) is 5.73 Å². The minimum absolute atomic E-state index is 0.0308. The fraction of sp³-hybridized carbons (Fsp3) is 0.290. The number of hydrogen-bond donors (Lipinski definition) is 3. The number of carbonyl (C=O) groups excluding carboxylic acids is 2. The molecule has 0 fully saturated rings. The van der Waals surface area contributed by atoms with Crippen LogP contribution in [-0.4, -0.2) is 53.3 Å². The first-order valence-electron chi connectivity index (χ1n) is 13.7. The molecule has 0 aliphatic carbocycles. The molecule has 0 saturated carbocycles. The Bertz CT molecular complexity index is 1910. The van der Waals surface area contributed by atoms with E-state index in [4.69, 9.17) is 15.2 Å². The average molecular weight is 667 g/mol. The Morgan fingerprint density at radius 1 is 1.06 bits per heavy atom. The van der Waals surface area contributed by atoms with Crippen molar-refractivity contribution in [2.75, 3.05) is 20.3 Å². The van der Waals surface area contributed by atoms with Gasteiger partial charge in [0.25, 0.3) is 5.91 Å². The highest BCUT2D eigenvalue weighted by molar-refractivity contribution is 6.00. The summed E-state index contributed by atoms with van der Waals surface area (Å²) >= 11 is 0. The number of benzene rings is 2. The van der Waals surface area contributed by atoms with Crippen molar-refractivity contribution in [1.82, 2.24) is 15.3 Å². The summed E-state index contributed by atoms with van der Waals surface area (Å²) in [4.78, 5) is 33.5. The lowest BCUT2D eigenvalue weighted by Crippen LogP contribution is -2.51. The predicted molar refractivity (Wildman–Crippen MR) is 152 cm³/mol. The second kappa shape index (κ2) is 11.4. The Labute approximate surface area is 261 Å². The van der Waals surface area contributed by atoms with E-state index in [0.717, 1.165) is 50.4 Å². The molecule has 1 aliphatic rings. The van der Waals surface area contributed by atoms with Crippen LogP contribution in [0.3, 0.4) is 0 Å². The first-order valence-corrected chi connectivity index (χ1v) is 13.7. The van der Waals surface area contributed by atoms with E-state index >= 15 is 0 Å². The fourth-order valence-corrected chi connectivity index (χ4v) is 5.17. The summed E-state index contributed by atoms with van der Waals surface area (Å²) in [6.45, 7) is 0.555. The van der Waals surface area contributed by atoms with Crippen LogP contribution in [-0.2, 0) is 22.0 Å². The normalized spacial score (nSPS) is 17.5. The van der Waals surface area contributed by atoms with Crippen LogP contribution in [0, 0.1) is 12.7 Å². The van der Waals surface area contributed by atoms with Gasteiger partial charge in [0, 0.05) is 22.1 Å². The van der Waals surface area contributed by atoms with Crippen LogP contribution in [0.1, 0.15) is 39.8 Å². The van der Waals surface area contributed by atoms with Crippen LogP contribution in [0.15, 0.2) is 48.5 Å². The predicted octanol–water partition coefficient (Wildman–Crippen LogP) is 5.09. The lowest BCUT2D eigenvalue weighted by atomic mass is 9.81. The summed E-state index contributed by atoms with van der Waals surface area (Å²) < 4.78 is 109. The Morgan fingerprint density at radius 2 is 1.72 bits per heavy atom. The molecule has 0 spiro atoms. The number of pyridine rings is 2. The lowest BCUT2D eigenvalue weighted by Gasteiger charge is -2.31. The van der Waals surface area contributed by atoms with Gasteiger partial charge in [-0.05, 0) is 62.4 Å². The minimum atomic E-state index is -5.49. The van der Waals surface area contributed by atoms with E-state index in [2.05, 4.69) is 9.97 Å². The highest BCUT2D eigenvalue weighted by Crippen LogP contribution is 2.48. The number of alkyl halides is 6. The van der Waals surface area contributed by atoms with Crippen molar-refractivity contribution in [1.29, 1.82) is 0 Å². The molecule has 4 aromatic rings. The van der Waals surface area contributed by atoms with E-state index in [1.165, 1.54) is 19.1 Å². The fourth-order valence-electron chi connectivity index (χ4n) is 5.17. The van der Waals surface area contributed by atoms with Gasteiger partial charge in [0.1, 0.15) is 40.5 Å². The maximum atomic E-state index is 14.7. The maximum absolute atomic E-state index is 14.7. The van der Waals surface area contributed by atoms with Crippen LogP contribution < -0.4 is 20.5 Å². The molecule has 3 heterocycles. The molecule has 9 nitrogen and oxygen atoms in total. The molecule has 16 heteroatoms. The zero-order valence-corrected chi connectivity index (χ0v) is 24.7. The number of carbonyl (C=O) groups is 2. The molecule has 0 radical (unpaired) electrons. The third kappa shape index (κ3) is 5.77. The molecule has 2 atom stereocenters. The highest BCUT2D eigenvalue weighted by atomic mass is 19.4. The van der Waals surface area contributed by atoms with Gasteiger partial charge >= 0.3 is 12.4 Å². The van der Waals surface area contributed by atoms with Crippen molar-refractivity contribution in [2.45, 2.75) is 37.2 Å². The summed E-state index contributed by atoms with van der Waals surface area (Å²) in [6.07, 6.45) is -10.3. The summed E-state index contributed by atoms with van der Waals surface area (Å²) in [5, 5.41) is 13.0. The standard InChI is InChI=1S/C31H25F7N4O5/c1-14-19(30(33,34)35)9-16-8-17(10-21(46-3)23(16)41-14)26(43)40-12-29(45,31(36,37)38)22-11-20-25(47-13-28(20,2)27(39)44)24(42-22)15-4-6-18(32)7-5-15/h4-11,45H,12-13H2,1-3H3,(H2,39,44)(H,40,43)/t28-,29-/m0/s1. The van der Waals surface area contributed by atoms with Gasteiger partial charge in [0.15, 0.2) is 0 Å². The Hall–Kier alpha value is -4.99. The largest absolute Gasteiger partial charge is 0.494 e. The SMILES string of the molecule is COc1cc(C(=O)NC[C@](O)(c2cc3c(c(-c4ccc(F)cc4)n2)OC[C@]3(C)C(N)=O)C(F)(F)F)cc2cc(C(F)(F)F)c(C)nc12. The summed E-state index contributed by atoms with van der Waals surface area (Å²) in [5.74, 6) is -3.07. The monoisotopic (exact) mass is 666 g/mol. The van der Waals surface area contributed by atoms with E-state index in [-0.39, 0.29) is 51.5 Å². The van der Waals surface area contributed by atoms with Crippen molar-refractivity contribution in [3.05, 3.63) is 82.4 Å². The molecular formula is C31H25F7N4O5. The van der Waals surface area contributed by atoms with Gasteiger partial charge in [-0.25, -0.2) is 14.4 Å². The number of rotatable bonds is 7. The first-order chi connectivity index (χ1) is 21.8. The molecule has 2 amide bonds. The Kier molecular flexibility index (Phi) is 8.07. The molecular weight excluding hydrogens is 641 g/mol. The van der Waals surface area contributed by atoms with Gasteiger partial charge in [-0.1, -0.05) is 0 Å². The molecule has 2 aromatic carbocycles. The highest BCUT2D eigenvalue weighted by Gasteiger charge is 2.57. The topological polar surface area (TPSA) is 137 Å². The smallest absolute Gasteiger partial charge is 0.424 e. The van der Waals surface area contributed by atoms with Gasteiger partial charge in [0.2, 0.25) is 11.5 Å². The zero-order chi connectivity index (χ0) is 34.7. The second-order valence-corrected chi connectivity index (χ2v) is 11.1. The molecule has 248 valence electrons. The zero-order valence-electron chi connectivity index (χ0n) is 24.7. The number of amides is 2. The minimum Gasteiger partial charge on any atom is -0.494 e. The lowest BCUT2D eigenvalue weighted by molar-refractivity contribution is -0.265. The number of halogens is 7. The van der Waals surface area contributed by atoms with Crippen LogP contribution in [0.2, 0.25) is 0 Å². The molecule has 1 aliphatic heterocycles. The number of hydrogen-bond acceptors (Lipinski definition) is 7. The molecule has 0 saturated heterocycles. The van der Waals surface area contributed by atoms with E-state index in [1.807, 2.05) is 5.32 Å². The molecule has 2 aromatic heterocycles. The molecule has 5 rings (SSSR count). The number of ether oxygens (including phenoxy) is 2. The number of fused-ring (bicyclic) bond motifs is 2. The number of methoxy groups -OCH3 is 1. The number of nitrogens with one attached hydrogen (secondary N) is 1. The Balaban J connectivity index is 1.59. The van der Waals surface area contributed by atoms with E-state index in [9.17, 15) is 45.4 Å². The quantitative estimate of drug-likeness (QED) is 0.234. The van der Waals surface area contributed by atoms with Gasteiger partial charge in [-0.3, -0.25) is 9.59 Å². The van der Waals surface area contributed by atoms with Crippen LogP contribution >= 0.6 is 0 Å².